The smallest absolute Gasteiger partial charge is 0.238 e. The van der Waals surface area contributed by atoms with E-state index < -0.39 is 23.3 Å². The zero-order valence-electron chi connectivity index (χ0n) is 36.5. The second-order valence-corrected chi connectivity index (χ2v) is 15.9. The molecule has 0 N–H and O–H groups in total. The third kappa shape index (κ3) is 9.25. The maximum Gasteiger partial charge on any atom is 0.238 e. The summed E-state index contributed by atoms with van der Waals surface area (Å²) in [6.07, 6.45) is 17.8. The molecule has 0 saturated carbocycles. The highest BCUT2D eigenvalue weighted by Crippen LogP contribution is 2.35. The molecule has 8 aromatic rings. The van der Waals surface area contributed by atoms with E-state index in [1.807, 2.05) is 81.2 Å². The fourth-order valence-electron chi connectivity index (χ4n) is 8.17. The average Bonchev–Trinajstić information content (AvgIpc) is 4.16. The van der Waals surface area contributed by atoms with Gasteiger partial charge in [-0.2, -0.15) is 10.2 Å². The molecule has 0 unspecified atom stereocenters. The van der Waals surface area contributed by atoms with E-state index in [-0.39, 0.29) is 11.8 Å². The summed E-state index contributed by atoms with van der Waals surface area (Å²) in [5.41, 5.74) is 6.18. The Morgan fingerprint density at radius 2 is 0.985 bits per heavy atom. The molecule has 2 aromatic carbocycles. The number of fused-ring (bicyclic) bond motifs is 2. The van der Waals surface area contributed by atoms with Gasteiger partial charge in [0.15, 0.2) is 34.9 Å². The number of aromatic nitrogens is 12. The molecule has 0 fully saturated rings. The van der Waals surface area contributed by atoms with Crippen molar-refractivity contribution >= 4 is 24.3 Å². The summed E-state index contributed by atoms with van der Waals surface area (Å²) in [5, 5.41) is 9.14. The predicted octanol–water partition coefficient (Wildman–Crippen LogP) is 9.10. The predicted molar refractivity (Wildman–Crippen MR) is 238 cm³/mol. The first-order valence-electron chi connectivity index (χ1n) is 21.3. The lowest BCUT2D eigenvalue weighted by molar-refractivity contribution is 0.395. The number of nitrogens with zero attached hydrogens (tertiary/aromatic N) is 12. The van der Waals surface area contributed by atoms with Crippen LogP contribution in [0.1, 0.15) is 94.7 Å². The molecule has 6 aromatic heterocycles. The van der Waals surface area contributed by atoms with E-state index in [0.717, 1.165) is 85.3 Å². The molecule has 66 heavy (non-hydrogen) atoms. The van der Waals surface area contributed by atoms with Crippen LogP contribution in [-0.4, -0.2) is 72.8 Å². The average molecular weight is 897 g/mol. The molecule has 0 radical (unpaired) electrons. The molecule has 336 valence electrons. The molecule has 0 aliphatic carbocycles. The van der Waals surface area contributed by atoms with E-state index in [2.05, 4.69) is 40.1 Å². The molecule has 14 nitrogen and oxygen atoms in total. The first kappa shape index (κ1) is 43.5. The Balaban J connectivity index is 0.000000166. The van der Waals surface area contributed by atoms with Gasteiger partial charge in [-0.25, -0.2) is 56.8 Å². The van der Waals surface area contributed by atoms with Crippen LogP contribution in [0.3, 0.4) is 0 Å². The van der Waals surface area contributed by atoms with Gasteiger partial charge in [0, 0.05) is 37.3 Å². The van der Waals surface area contributed by atoms with Crippen molar-refractivity contribution < 1.29 is 27.0 Å². The second-order valence-electron chi connectivity index (χ2n) is 15.9. The standard InChI is InChI=1S/2C24H22F2N6O/c2*1-15-13-31(14-27-15)21-9-6-17(28-24(21)33-2)7-10-22-29-23-18(4-3-11-32(23)30-22)16-5-8-19(25)20(26)12-16/h2*5-10,12-14,18H,3-4,11H2,1-2H3/b2*10-7+/t2*18-/m10/s1. The Kier molecular flexibility index (Phi) is 12.4. The van der Waals surface area contributed by atoms with Gasteiger partial charge in [0.1, 0.15) is 23.0 Å². The number of rotatable bonds is 10. The summed E-state index contributed by atoms with van der Waals surface area (Å²) in [6, 6.07) is 15.6. The lowest BCUT2D eigenvalue weighted by Gasteiger charge is -2.22. The zero-order valence-corrected chi connectivity index (χ0v) is 36.5. The fraction of sp³-hybridized carbons (Fsp3) is 0.250. The molecule has 2 aliphatic rings. The van der Waals surface area contributed by atoms with Crippen molar-refractivity contribution in [2.45, 2.75) is 64.5 Å². The van der Waals surface area contributed by atoms with Crippen LogP contribution in [0.2, 0.25) is 0 Å². The van der Waals surface area contributed by atoms with E-state index in [0.29, 0.717) is 45.9 Å². The largest absolute Gasteiger partial charge is 0.479 e. The SMILES string of the molecule is COc1nc(/C=C/c2nc3n(n2)CCC[C@@H]3c2ccc(F)c(F)c2)ccc1-n1cnc(C)c1.COc1nc(/C=C/c2nc3n(n2)CCC[C@H]3c2ccc(F)c(F)c2)ccc1-n1cnc(C)c1. The van der Waals surface area contributed by atoms with Gasteiger partial charge in [0.2, 0.25) is 11.8 Å². The minimum Gasteiger partial charge on any atom is -0.479 e. The van der Waals surface area contributed by atoms with Gasteiger partial charge in [-0.05, 0) is 123 Å². The summed E-state index contributed by atoms with van der Waals surface area (Å²) in [4.78, 5) is 26.9. The van der Waals surface area contributed by atoms with E-state index in [4.69, 9.17) is 9.47 Å². The number of hydrogen-bond donors (Lipinski definition) is 0. The zero-order chi connectivity index (χ0) is 45.9. The Bertz CT molecular complexity index is 2890. The first-order chi connectivity index (χ1) is 32.0. The minimum absolute atomic E-state index is 0.125. The molecule has 8 heterocycles. The summed E-state index contributed by atoms with van der Waals surface area (Å²) in [7, 11) is 3.15. The van der Waals surface area contributed by atoms with E-state index >= 15 is 0 Å². The molecule has 0 saturated heterocycles. The molecule has 0 amide bonds. The number of halogens is 4. The summed E-state index contributed by atoms with van der Waals surface area (Å²) in [6.45, 7) is 5.31. The summed E-state index contributed by atoms with van der Waals surface area (Å²) < 4.78 is 72.6. The molecule has 2 aliphatic heterocycles. The second kappa shape index (κ2) is 18.8. The van der Waals surface area contributed by atoms with E-state index in [9.17, 15) is 17.6 Å². The van der Waals surface area contributed by atoms with Crippen molar-refractivity contribution in [1.29, 1.82) is 0 Å². The van der Waals surface area contributed by atoms with Crippen LogP contribution in [0.5, 0.6) is 11.8 Å². The Hall–Kier alpha value is -7.76. The highest BCUT2D eigenvalue weighted by Gasteiger charge is 2.28. The van der Waals surface area contributed by atoms with Crippen molar-refractivity contribution in [2.24, 2.45) is 0 Å². The van der Waals surface area contributed by atoms with E-state index in [1.165, 1.54) is 12.1 Å². The Labute approximate surface area is 377 Å². The first-order valence-corrected chi connectivity index (χ1v) is 21.3. The van der Waals surface area contributed by atoms with E-state index in [1.54, 1.807) is 51.2 Å². The maximum atomic E-state index is 13.8. The van der Waals surface area contributed by atoms with Gasteiger partial charge in [0.25, 0.3) is 0 Å². The van der Waals surface area contributed by atoms with Crippen LogP contribution in [0.15, 0.2) is 85.7 Å². The molecule has 18 heteroatoms. The van der Waals surface area contributed by atoms with Crippen LogP contribution in [0.4, 0.5) is 17.6 Å². The number of aryl methyl sites for hydroxylation is 4. The number of ether oxygens (including phenoxy) is 2. The van der Waals surface area contributed by atoms with Gasteiger partial charge in [-0.3, -0.25) is 0 Å². The molecule has 2 atom stereocenters. The fourth-order valence-corrected chi connectivity index (χ4v) is 8.17. The van der Waals surface area contributed by atoms with Crippen LogP contribution in [-0.2, 0) is 13.1 Å². The number of hydrogen-bond acceptors (Lipinski definition) is 10. The van der Waals surface area contributed by atoms with Crippen LogP contribution < -0.4 is 9.47 Å². The number of imidazole rings is 2. The maximum absolute atomic E-state index is 13.8. The van der Waals surface area contributed by atoms with Gasteiger partial charge in [-0.1, -0.05) is 12.1 Å². The van der Waals surface area contributed by atoms with Gasteiger partial charge in [0.05, 0.1) is 49.6 Å². The Morgan fingerprint density at radius 3 is 1.36 bits per heavy atom. The Morgan fingerprint density at radius 1 is 0.545 bits per heavy atom. The lowest BCUT2D eigenvalue weighted by Crippen LogP contribution is -2.18. The molecule has 10 rings (SSSR count). The quantitative estimate of drug-likeness (QED) is 0.122. The number of pyridine rings is 2. The third-order valence-corrected chi connectivity index (χ3v) is 11.4. The van der Waals surface area contributed by atoms with Gasteiger partial charge >= 0.3 is 0 Å². The van der Waals surface area contributed by atoms with Crippen LogP contribution >= 0.6 is 0 Å². The van der Waals surface area contributed by atoms with Crippen molar-refractivity contribution in [3.63, 3.8) is 0 Å². The molecule has 0 bridgehead atoms. The van der Waals surface area contributed by atoms with Crippen molar-refractivity contribution in [1.82, 2.24) is 58.6 Å². The summed E-state index contributed by atoms with van der Waals surface area (Å²) >= 11 is 0. The highest BCUT2D eigenvalue weighted by atomic mass is 19.2. The molecule has 0 spiro atoms. The highest BCUT2D eigenvalue weighted by molar-refractivity contribution is 5.67. The number of benzene rings is 2. The van der Waals surface area contributed by atoms with Crippen LogP contribution in [0.25, 0.3) is 35.7 Å². The molecular weight excluding hydrogens is 853 g/mol. The van der Waals surface area contributed by atoms with Crippen molar-refractivity contribution in [3.8, 4) is 23.1 Å². The third-order valence-electron chi connectivity index (χ3n) is 11.4. The topological polar surface area (TPSA) is 141 Å². The lowest BCUT2D eigenvalue weighted by atomic mass is 9.91. The van der Waals surface area contributed by atoms with Gasteiger partial charge in [-0.15, -0.1) is 0 Å². The minimum atomic E-state index is -0.850. The van der Waals surface area contributed by atoms with Crippen molar-refractivity contribution in [2.75, 3.05) is 14.2 Å². The van der Waals surface area contributed by atoms with Gasteiger partial charge < -0.3 is 18.6 Å². The monoisotopic (exact) mass is 896 g/mol. The van der Waals surface area contributed by atoms with Crippen molar-refractivity contribution in [3.05, 3.63) is 166 Å². The summed E-state index contributed by atoms with van der Waals surface area (Å²) in [5.74, 6) is -0.115. The molecular formula is C48H44F4N12O2. The normalized spacial score (nSPS) is 15.7. The number of methoxy groups -OCH3 is 2. The van der Waals surface area contributed by atoms with Crippen LogP contribution in [0, 0.1) is 37.1 Å².